The third-order valence-corrected chi connectivity index (χ3v) is 5.12. The third-order valence-electron chi connectivity index (χ3n) is 3.58. The summed E-state index contributed by atoms with van der Waals surface area (Å²) < 4.78 is 32.2. The van der Waals surface area contributed by atoms with E-state index in [1.54, 1.807) is 19.2 Å². The number of carbonyl (C=O) groups excluding carboxylic acids is 1. The van der Waals surface area contributed by atoms with Crippen molar-refractivity contribution in [3.05, 3.63) is 42.5 Å². The van der Waals surface area contributed by atoms with Crippen LogP contribution in [0.5, 0.6) is 0 Å². The molecular formula is C17H22N2O4S. The Hall–Kier alpha value is -1.96. The summed E-state index contributed by atoms with van der Waals surface area (Å²) in [6.07, 6.45) is 0.673. The van der Waals surface area contributed by atoms with Gasteiger partial charge in [-0.3, -0.25) is 4.79 Å². The van der Waals surface area contributed by atoms with Crippen molar-refractivity contribution in [2.45, 2.75) is 24.3 Å². The van der Waals surface area contributed by atoms with E-state index in [0.717, 1.165) is 10.8 Å². The van der Waals surface area contributed by atoms with E-state index in [2.05, 4.69) is 10.0 Å². The van der Waals surface area contributed by atoms with Crippen LogP contribution in [0, 0.1) is 0 Å². The molecule has 24 heavy (non-hydrogen) atoms. The summed E-state index contributed by atoms with van der Waals surface area (Å²) >= 11 is 0. The number of nitrogens with one attached hydrogen (secondary N) is 2. The van der Waals surface area contributed by atoms with Crippen molar-refractivity contribution in [3.8, 4) is 0 Å². The fraction of sp³-hybridized carbons (Fsp3) is 0.353. The molecule has 0 aliphatic rings. The number of methoxy groups -OCH3 is 1. The summed E-state index contributed by atoms with van der Waals surface area (Å²) in [5.41, 5.74) is 0. The van der Waals surface area contributed by atoms with Crippen molar-refractivity contribution in [1.82, 2.24) is 10.0 Å². The molecule has 2 rings (SSSR count). The second-order valence-corrected chi connectivity index (χ2v) is 7.20. The molecular weight excluding hydrogens is 328 g/mol. The van der Waals surface area contributed by atoms with E-state index in [9.17, 15) is 13.2 Å². The summed E-state index contributed by atoms with van der Waals surface area (Å²) in [6, 6.07) is 11.5. The Balaban J connectivity index is 2.04. The van der Waals surface area contributed by atoms with Gasteiger partial charge in [-0.2, -0.15) is 4.72 Å². The van der Waals surface area contributed by atoms with Crippen molar-refractivity contribution >= 4 is 26.7 Å². The lowest BCUT2D eigenvalue weighted by Gasteiger charge is -2.14. The van der Waals surface area contributed by atoms with Crippen LogP contribution < -0.4 is 10.0 Å². The monoisotopic (exact) mass is 350 g/mol. The van der Waals surface area contributed by atoms with E-state index in [1.165, 1.54) is 13.0 Å². The summed E-state index contributed by atoms with van der Waals surface area (Å²) in [5, 5.41) is 4.46. The van der Waals surface area contributed by atoms with Crippen LogP contribution >= 0.6 is 0 Å². The van der Waals surface area contributed by atoms with Gasteiger partial charge in [-0.05, 0) is 36.2 Å². The zero-order valence-corrected chi connectivity index (χ0v) is 14.6. The van der Waals surface area contributed by atoms with Crippen LogP contribution in [-0.4, -0.2) is 40.6 Å². The fourth-order valence-corrected chi connectivity index (χ4v) is 3.51. The number of benzene rings is 2. The lowest BCUT2D eigenvalue weighted by Crippen LogP contribution is -2.45. The number of ether oxygens (including phenoxy) is 1. The molecule has 0 spiro atoms. The molecule has 1 amide bonds. The predicted molar refractivity (Wildman–Crippen MR) is 93.2 cm³/mol. The molecule has 6 nitrogen and oxygen atoms in total. The zero-order chi connectivity index (χ0) is 17.6. The van der Waals surface area contributed by atoms with Gasteiger partial charge in [0.15, 0.2) is 0 Å². The minimum Gasteiger partial charge on any atom is -0.385 e. The lowest BCUT2D eigenvalue weighted by atomic mass is 10.1. The van der Waals surface area contributed by atoms with Crippen molar-refractivity contribution in [2.24, 2.45) is 0 Å². The highest BCUT2D eigenvalue weighted by Crippen LogP contribution is 2.19. The van der Waals surface area contributed by atoms with Gasteiger partial charge in [-0.15, -0.1) is 0 Å². The van der Waals surface area contributed by atoms with Crippen molar-refractivity contribution in [3.63, 3.8) is 0 Å². The Bertz CT molecular complexity index is 805. The lowest BCUT2D eigenvalue weighted by molar-refractivity contribution is -0.122. The van der Waals surface area contributed by atoms with Crippen molar-refractivity contribution in [1.29, 1.82) is 0 Å². The molecule has 0 bridgehead atoms. The molecule has 0 aliphatic carbocycles. The first-order valence-electron chi connectivity index (χ1n) is 7.72. The number of hydrogen-bond acceptors (Lipinski definition) is 4. The minimum absolute atomic E-state index is 0.139. The molecule has 0 fully saturated rings. The van der Waals surface area contributed by atoms with Crippen LogP contribution in [0.15, 0.2) is 47.4 Å². The fourth-order valence-electron chi connectivity index (χ4n) is 2.27. The maximum Gasteiger partial charge on any atom is 0.241 e. The largest absolute Gasteiger partial charge is 0.385 e. The number of carbonyl (C=O) groups is 1. The quantitative estimate of drug-likeness (QED) is 0.709. The SMILES string of the molecule is COCCCNC(=O)[C@H](C)NS(=O)(=O)c1ccc2ccccc2c1. The summed E-state index contributed by atoms with van der Waals surface area (Å²) in [4.78, 5) is 12.1. The molecule has 2 N–H and O–H groups in total. The maximum atomic E-state index is 12.5. The maximum absolute atomic E-state index is 12.5. The van der Waals surface area contributed by atoms with Gasteiger partial charge in [0.05, 0.1) is 10.9 Å². The zero-order valence-electron chi connectivity index (χ0n) is 13.8. The molecule has 0 saturated heterocycles. The van der Waals surface area contributed by atoms with Crippen LogP contribution in [-0.2, 0) is 19.6 Å². The number of fused-ring (bicyclic) bond motifs is 1. The predicted octanol–water partition coefficient (Wildman–Crippen LogP) is 1.66. The summed E-state index contributed by atoms with van der Waals surface area (Å²) in [5.74, 6) is -0.365. The minimum atomic E-state index is -3.77. The Labute approximate surface area is 142 Å². The van der Waals surface area contributed by atoms with Crippen LogP contribution in [0.1, 0.15) is 13.3 Å². The molecule has 0 radical (unpaired) electrons. The highest BCUT2D eigenvalue weighted by atomic mass is 32.2. The average molecular weight is 350 g/mol. The van der Waals surface area contributed by atoms with Gasteiger partial charge >= 0.3 is 0 Å². The topological polar surface area (TPSA) is 84.5 Å². The van der Waals surface area contributed by atoms with Gasteiger partial charge in [0.2, 0.25) is 15.9 Å². The van der Waals surface area contributed by atoms with Gasteiger partial charge in [0.25, 0.3) is 0 Å². The van der Waals surface area contributed by atoms with E-state index in [1.807, 2.05) is 24.3 Å². The molecule has 130 valence electrons. The second-order valence-electron chi connectivity index (χ2n) is 5.49. The molecule has 0 saturated carbocycles. The molecule has 0 aromatic heterocycles. The van der Waals surface area contributed by atoms with Crippen LogP contribution in [0.2, 0.25) is 0 Å². The van der Waals surface area contributed by atoms with Gasteiger partial charge < -0.3 is 10.1 Å². The molecule has 7 heteroatoms. The normalized spacial score (nSPS) is 12.9. The Morgan fingerprint density at radius 2 is 1.88 bits per heavy atom. The van der Waals surface area contributed by atoms with E-state index < -0.39 is 16.1 Å². The molecule has 2 aromatic rings. The van der Waals surface area contributed by atoms with Gasteiger partial charge in [0.1, 0.15) is 0 Å². The Morgan fingerprint density at radius 1 is 1.17 bits per heavy atom. The Morgan fingerprint density at radius 3 is 2.58 bits per heavy atom. The first-order valence-corrected chi connectivity index (χ1v) is 9.20. The highest BCUT2D eigenvalue weighted by Gasteiger charge is 2.21. The van der Waals surface area contributed by atoms with Crippen molar-refractivity contribution < 1.29 is 17.9 Å². The van der Waals surface area contributed by atoms with Crippen LogP contribution in [0.25, 0.3) is 10.8 Å². The van der Waals surface area contributed by atoms with Gasteiger partial charge in [-0.1, -0.05) is 30.3 Å². The standard InChI is InChI=1S/C17H22N2O4S/c1-13(17(20)18-10-5-11-23-2)19-24(21,22)16-9-8-14-6-3-4-7-15(14)12-16/h3-4,6-9,12-13,19H,5,10-11H2,1-2H3,(H,18,20)/t13-/m0/s1. The first-order chi connectivity index (χ1) is 11.4. The smallest absolute Gasteiger partial charge is 0.241 e. The van der Waals surface area contributed by atoms with Crippen LogP contribution in [0.3, 0.4) is 0 Å². The van der Waals surface area contributed by atoms with Crippen LogP contribution in [0.4, 0.5) is 0 Å². The number of sulfonamides is 1. The molecule has 1 atom stereocenters. The third kappa shape index (κ3) is 4.77. The number of hydrogen-bond donors (Lipinski definition) is 2. The molecule has 0 aliphatic heterocycles. The van der Waals surface area contributed by atoms with Gasteiger partial charge in [-0.25, -0.2) is 8.42 Å². The second kappa shape index (κ2) is 8.23. The number of amides is 1. The molecule has 0 heterocycles. The van der Waals surface area contributed by atoms with Gasteiger partial charge in [0, 0.05) is 20.3 Å². The average Bonchev–Trinajstić information content (AvgIpc) is 2.57. The van der Waals surface area contributed by atoms with Crippen molar-refractivity contribution in [2.75, 3.05) is 20.3 Å². The highest BCUT2D eigenvalue weighted by molar-refractivity contribution is 7.89. The van der Waals surface area contributed by atoms with E-state index in [4.69, 9.17) is 4.74 Å². The number of rotatable bonds is 8. The summed E-state index contributed by atoms with van der Waals surface area (Å²) in [6.45, 7) is 2.50. The molecule has 2 aromatic carbocycles. The van der Waals surface area contributed by atoms with E-state index in [0.29, 0.717) is 19.6 Å². The Kier molecular flexibility index (Phi) is 6.30. The summed E-state index contributed by atoms with van der Waals surface area (Å²) in [7, 11) is -2.18. The molecule has 0 unspecified atom stereocenters. The van der Waals surface area contributed by atoms with E-state index in [-0.39, 0.29) is 10.8 Å². The first kappa shape index (κ1) is 18.4. The van der Waals surface area contributed by atoms with E-state index >= 15 is 0 Å².